The molecule has 2 nitrogen and oxygen atoms in total. The topological polar surface area (TPSA) is 40.1 Å². The van der Waals surface area contributed by atoms with Crippen LogP contribution in [0.25, 0.3) is 0 Å². The number of hydrogen-bond donors (Lipinski definition) is 0. The van der Waals surface area contributed by atoms with E-state index in [0.717, 1.165) is 12.5 Å². The second-order valence-corrected chi connectivity index (χ2v) is 1.52. The van der Waals surface area contributed by atoms with Gasteiger partial charge in [0.1, 0.15) is 0 Å². The lowest BCUT2D eigenvalue weighted by Crippen LogP contribution is -1.94. The number of hydrogen-bond acceptors (Lipinski definition) is 2. The fourth-order valence-electron chi connectivity index (χ4n) is 0.406. The molecule has 0 aromatic rings. The van der Waals surface area contributed by atoms with Crippen molar-refractivity contribution in [1.29, 1.82) is 0 Å². The summed E-state index contributed by atoms with van der Waals surface area (Å²) in [5.74, 6) is -0.0810. The Kier molecular flexibility index (Phi) is 3.94. The lowest BCUT2D eigenvalue weighted by molar-refractivity contribution is -0.274. The molecule has 0 fully saturated rings. The van der Waals surface area contributed by atoms with Crippen LogP contribution in [0.3, 0.4) is 0 Å². The van der Waals surface area contributed by atoms with Crippen molar-refractivity contribution in [1.82, 2.24) is 0 Å². The second kappa shape index (κ2) is 4.37. The van der Waals surface area contributed by atoms with Crippen LogP contribution in [0.5, 0.6) is 0 Å². The summed E-state index contributed by atoms with van der Waals surface area (Å²) in [7, 11) is 0. The van der Waals surface area contributed by atoms with Gasteiger partial charge in [-0.05, 0) is 12.5 Å². The summed E-state index contributed by atoms with van der Waals surface area (Å²) in [6.45, 7) is 1.90. The molecule has 0 saturated heterocycles. The van der Waals surface area contributed by atoms with E-state index in [0.29, 0.717) is 12.7 Å². The maximum atomic E-state index is 10.4. The molecule has 0 heterocycles. The second-order valence-electron chi connectivity index (χ2n) is 1.52. The van der Waals surface area contributed by atoms with Crippen molar-refractivity contribution in [2.45, 2.75) is 19.8 Å². The van der Waals surface area contributed by atoms with Gasteiger partial charge in [0.05, 0.1) is 0 Å². The number of rotatable bonds is 3. The van der Waals surface area contributed by atoms with E-state index >= 15 is 0 Å². The van der Waals surface area contributed by atoms with Gasteiger partial charge in [-0.15, -0.1) is 6.26 Å². The van der Waals surface area contributed by atoms with Gasteiger partial charge >= 0.3 is 0 Å². The molecule has 0 amide bonds. The fourth-order valence-corrected chi connectivity index (χ4v) is 0.406. The molecule has 0 unspecified atom stereocenters. The molecule has 46 valence electrons. The smallest absolute Gasteiger partial charge is 0.154 e. The summed E-state index contributed by atoms with van der Waals surface area (Å²) < 4.78 is 0. The zero-order valence-electron chi connectivity index (χ0n) is 4.89. The Hall–Kier alpha value is -0.790. The molecule has 0 radical (unpaired) electrons. The Morgan fingerprint density at radius 2 is 2.38 bits per heavy atom. The maximum absolute atomic E-state index is 10.4. The number of allylic oxidation sites excluding steroid dienone is 1. The summed E-state index contributed by atoms with van der Waals surface area (Å²) in [6, 6.07) is 0. The zero-order chi connectivity index (χ0) is 6.41. The van der Waals surface area contributed by atoms with E-state index in [4.69, 9.17) is 0 Å². The number of carbonyl (C=O) groups excluding carboxylic acids is 1. The van der Waals surface area contributed by atoms with Crippen LogP contribution in [-0.4, -0.2) is 5.78 Å². The Morgan fingerprint density at radius 3 is 2.75 bits per heavy atom. The Bertz CT molecular complexity index is 94.7. The fraction of sp³-hybridized carbons (Fsp3) is 0.500. The van der Waals surface area contributed by atoms with E-state index in [9.17, 15) is 9.90 Å². The van der Waals surface area contributed by atoms with Crippen LogP contribution in [0.15, 0.2) is 12.3 Å². The predicted molar refractivity (Wildman–Crippen MR) is 29.1 cm³/mol. The number of carbonyl (C=O) groups is 1. The average molecular weight is 113 g/mol. The third-order valence-electron chi connectivity index (χ3n) is 0.750. The minimum Gasteiger partial charge on any atom is -0.878 e. The highest BCUT2D eigenvalue weighted by Gasteiger charge is 1.88. The minimum atomic E-state index is -0.0810. The highest BCUT2D eigenvalue weighted by Crippen LogP contribution is 1.88. The standard InChI is InChI=1S/C6H10O2/c1-2-3-6(8)4-5-7/h4-5,7H,2-3H2,1H3/p-1/b5-4+. The van der Waals surface area contributed by atoms with E-state index in [1.165, 1.54) is 0 Å². The summed E-state index contributed by atoms with van der Waals surface area (Å²) in [5, 5.41) is 9.61. The van der Waals surface area contributed by atoms with Gasteiger partial charge in [-0.2, -0.15) is 0 Å². The predicted octanol–water partition coefficient (Wildman–Crippen LogP) is 0.230. The van der Waals surface area contributed by atoms with Crippen molar-refractivity contribution >= 4 is 5.78 Å². The Morgan fingerprint density at radius 1 is 1.75 bits per heavy atom. The highest BCUT2D eigenvalue weighted by atomic mass is 16.2. The third kappa shape index (κ3) is 3.40. The quantitative estimate of drug-likeness (QED) is 0.388. The highest BCUT2D eigenvalue weighted by molar-refractivity contribution is 5.89. The molecule has 0 aliphatic rings. The van der Waals surface area contributed by atoms with E-state index in [2.05, 4.69) is 0 Å². The lowest BCUT2D eigenvalue weighted by atomic mass is 10.2. The SMILES string of the molecule is CCCC(=O)/C=C/[O-]. The van der Waals surface area contributed by atoms with Gasteiger partial charge in [-0.25, -0.2) is 0 Å². The van der Waals surface area contributed by atoms with Crippen LogP contribution in [0, 0.1) is 0 Å². The van der Waals surface area contributed by atoms with Gasteiger partial charge in [-0.1, -0.05) is 6.92 Å². The Labute approximate surface area is 48.8 Å². The molecule has 0 N–H and O–H groups in total. The molecule has 0 rings (SSSR count). The van der Waals surface area contributed by atoms with Crippen LogP contribution in [-0.2, 0) is 4.79 Å². The number of ketones is 1. The van der Waals surface area contributed by atoms with Crippen molar-refractivity contribution in [3.63, 3.8) is 0 Å². The molecular formula is C6H9O2-. The van der Waals surface area contributed by atoms with Gasteiger partial charge in [0.15, 0.2) is 5.78 Å². The summed E-state index contributed by atoms with van der Waals surface area (Å²) in [6.07, 6.45) is 2.88. The van der Waals surface area contributed by atoms with Gasteiger partial charge in [0.2, 0.25) is 0 Å². The molecule has 0 aromatic heterocycles. The van der Waals surface area contributed by atoms with Gasteiger partial charge < -0.3 is 5.11 Å². The zero-order valence-corrected chi connectivity index (χ0v) is 4.89. The van der Waals surface area contributed by atoms with E-state index in [1.807, 2.05) is 6.92 Å². The molecular weight excluding hydrogens is 104 g/mol. The first kappa shape index (κ1) is 7.21. The van der Waals surface area contributed by atoms with Crippen molar-refractivity contribution in [3.8, 4) is 0 Å². The van der Waals surface area contributed by atoms with Crippen LogP contribution in [0.1, 0.15) is 19.8 Å². The van der Waals surface area contributed by atoms with E-state index in [-0.39, 0.29) is 5.78 Å². The first-order valence-corrected chi connectivity index (χ1v) is 2.62. The summed E-state index contributed by atoms with van der Waals surface area (Å²) in [4.78, 5) is 10.4. The summed E-state index contributed by atoms with van der Waals surface area (Å²) in [5.41, 5.74) is 0. The summed E-state index contributed by atoms with van der Waals surface area (Å²) >= 11 is 0. The van der Waals surface area contributed by atoms with Crippen molar-refractivity contribution in [3.05, 3.63) is 12.3 Å². The van der Waals surface area contributed by atoms with Gasteiger partial charge in [0.25, 0.3) is 0 Å². The van der Waals surface area contributed by atoms with Crippen LogP contribution >= 0.6 is 0 Å². The van der Waals surface area contributed by atoms with Gasteiger partial charge in [0, 0.05) is 6.42 Å². The molecule has 8 heavy (non-hydrogen) atoms. The van der Waals surface area contributed by atoms with Crippen LogP contribution in [0.2, 0.25) is 0 Å². The first-order valence-electron chi connectivity index (χ1n) is 2.62. The minimum absolute atomic E-state index is 0.0810. The van der Waals surface area contributed by atoms with Crippen LogP contribution < -0.4 is 5.11 Å². The van der Waals surface area contributed by atoms with Crippen molar-refractivity contribution in [2.24, 2.45) is 0 Å². The molecule has 0 saturated carbocycles. The molecule has 0 bridgehead atoms. The van der Waals surface area contributed by atoms with Crippen molar-refractivity contribution in [2.75, 3.05) is 0 Å². The van der Waals surface area contributed by atoms with E-state index in [1.54, 1.807) is 0 Å². The average Bonchev–Trinajstić information content (AvgIpc) is 1.68. The molecule has 0 atom stereocenters. The van der Waals surface area contributed by atoms with Crippen LogP contribution in [0.4, 0.5) is 0 Å². The first-order chi connectivity index (χ1) is 3.81. The monoisotopic (exact) mass is 113 g/mol. The maximum Gasteiger partial charge on any atom is 0.154 e. The molecule has 0 aromatic carbocycles. The van der Waals surface area contributed by atoms with Gasteiger partial charge in [-0.3, -0.25) is 4.79 Å². The normalized spacial score (nSPS) is 10.1. The largest absolute Gasteiger partial charge is 0.878 e. The Balaban J connectivity index is 3.33. The third-order valence-corrected chi connectivity index (χ3v) is 0.750. The van der Waals surface area contributed by atoms with Crippen molar-refractivity contribution < 1.29 is 9.90 Å². The molecule has 0 aliphatic heterocycles. The lowest BCUT2D eigenvalue weighted by Gasteiger charge is -1.89. The molecule has 2 heteroatoms. The van der Waals surface area contributed by atoms with E-state index < -0.39 is 0 Å². The molecule has 0 aliphatic carbocycles. The molecule has 0 spiro atoms.